The lowest BCUT2D eigenvalue weighted by molar-refractivity contribution is -0.162. The Morgan fingerprint density at radius 1 is 1.30 bits per heavy atom. The lowest BCUT2D eigenvalue weighted by atomic mass is 9.81. The molecule has 0 aliphatic heterocycles. The number of hydrogen-bond donors (Lipinski definition) is 1. The van der Waals surface area contributed by atoms with Gasteiger partial charge in [-0.1, -0.05) is 19.1 Å². The fraction of sp³-hybridized carbons (Fsp3) is 0.750. The molecule has 4 nitrogen and oxygen atoms in total. The number of carboxylic acid groups (broad SMARTS) is 1. The first kappa shape index (κ1) is 15.1. The van der Waals surface area contributed by atoms with E-state index in [1.165, 1.54) is 0 Å². The van der Waals surface area contributed by atoms with Gasteiger partial charge in [-0.3, -0.25) is 9.59 Å². The van der Waals surface area contributed by atoms with E-state index in [-0.39, 0.29) is 29.8 Å². The summed E-state index contributed by atoms with van der Waals surface area (Å²) < 4.78 is 5.70. The van der Waals surface area contributed by atoms with E-state index in [1.807, 2.05) is 20.8 Å². The molecule has 0 heterocycles. The van der Waals surface area contributed by atoms with E-state index >= 15 is 0 Å². The number of carbonyl (C=O) groups is 2. The monoisotopic (exact) mass is 280 g/mol. The van der Waals surface area contributed by atoms with Gasteiger partial charge in [-0.15, -0.1) is 0 Å². The van der Waals surface area contributed by atoms with Crippen molar-refractivity contribution in [3.63, 3.8) is 0 Å². The second-order valence-corrected chi connectivity index (χ2v) is 6.58. The number of aliphatic carboxylic acids is 1. The van der Waals surface area contributed by atoms with E-state index in [0.717, 1.165) is 12.0 Å². The Bertz CT molecular complexity index is 442. The maximum atomic E-state index is 12.4. The third-order valence-electron chi connectivity index (χ3n) is 5.47. The number of carbonyl (C=O) groups excluding carboxylic acids is 1. The Balaban J connectivity index is 1.99. The maximum absolute atomic E-state index is 12.4. The maximum Gasteiger partial charge on any atom is 0.316 e. The molecule has 1 N–H and O–H groups in total. The minimum absolute atomic E-state index is 0.103. The van der Waals surface area contributed by atoms with Crippen LogP contribution in [-0.2, 0) is 14.3 Å². The molecule has 0 radical (unpaired) electrons. The van der Waals surface area contributed by atoms with Crippen LogP contribution in [0.1, 0.15) is 46.5 Å². The number of carboxylic acids is 1. The molecule has 2 fully saturated rings. The summed E-state index contributed by atoms with van der Waals surface area (Å²) in [6.07, 6.45) is 2.79. The summed E-state index contributed by atoms with van der Waals surface area (Å²) in [5, 5.41) is 9.12. The van der Waals surface area contributed by atoms with Crippen LogP contribution in [0.2, 0.25) is 0 Å². The quantitative estimate of drug-likeness (QED) is 0.621. The molecule has 0 aromatic carbocycles. The summed E-state index contributed by atoms with van der Waals surface area (Å²) in [6.45, 7) is 9.57. The van der Waals surface area contributed by atoms with Crippen LogP contribution in [0.5, 0.6) is 0 Å². The van der Waals surface area contributed by atoms with Gasteiger partial charge in [0.2, 0.25) is 0 Å². The molecule has 0 spiro atoms. The average Bonchev–Trinajstić information content (AvgIpc) is 2.96. The van der Waals surface area contributed by atoms with Crippen molar-refractivity contribution < 1.29 is 19.4 Å². The molecule has 2 aliphatic rings. The summed E-state index contributed by atoms with van der Waals surface area (Å²) in [5.74, 6) is -0.766. The van der Waals surface area contributed by atoms with Gasteiger partial charge >= 0.3 is 11.9 Å². The number of ether oxygens (including phenoxy) is 1. The summed E-state index contributed by atoms with van der Waals surface area (Å²) in [5.41, 5.74) is 0.185. The van der Waals surface area contributed by atoms with Crippen molar-refractivity contribution in [1.82, 2.24) is 0 Å². The molecule has 2 rings (SSSR count). The lowest BCUT2D eigenvalue weighted by Crippen LogP contribution is -2.36. The van der Waals surface area contributed by atoms with Crippen LogP contribution in [0.25, 0.3) is 0 Å². The molecule has 2 bridgehead atoms. The van der Waals surface area contributed by atoms with Gasteiger partial charge in [0.15, 0.2) is 0 Å². The molecule has 112 valence electrons. The van der Waals surface area contributed by atoms with Crippen molar-refractivity contribution >= 4 is 11.9 Å². The predicted octanol–water partition coefficient (Wildman–Crippen LogP) is 3.02. The molecule has 0 amide bonds. The first-order valence-corrected chi connectivity index (χ1v) is 7.39. The van der Waals surface area contributed by atoms with Crippen molar-refractivity contribution in [2.45, 2.75) is 52.6 Å². The summed E-state index contributed by atoms with van der Waals surface area (Å²) in [6, 6.07) is 0. The van der Waals surface area contributed by atoms with Crippen LogP contribution in [0, 0.1) is 23.2 Å². The zero-order valence-electron chi connectivity index (χ0n) is 12.5. The molecule has 20 heavy (non-hydrogen) atoms. The van der Waals surface area contributed by atoms with Crippen LogP contribution >= 0.6 is 0 Å². The zero-order valence-corrected chi connectivity index (χ0v) is 12.5. The number of esters is 1. The Morgan fingerprint density at radius 2 is 1.95 bits per heavy atom. The van der Waals surface area contributed by atoms with Gasteiger partial charge in [0.05, 0.1) is 11.3 Å². The van der Waals surface area contributed by atoms with E-state index in [0.29, 0.717) is 19.3 Å². The second-order valence-electron chi connectivity index (χ2n) is 6.58. The van der Waals surface area contributed by atoms with E-state index in [1.54, 1.807) is 0 Å². The largest absolute Gasteiger partial charge is 0.481 e. The minimum Gasteiger partial charge on any atom is -0.481 e. The molecular formula is C16H24O4. The van der Waals surface area contributed by atoms with Crippen molar-refractivity contribution in [2.75, 3.05) is 0 Å². The van der Waals surface area contributed by atoms with Crippen LogP contribution in [0.15, 0.2) is 12.2 Å². The van der Waals surface area contributed by atoms with E-state index < -0.39 is 11.4 Å². The van der Waals surface area contributed by atoms with Crippen LogP contribution in [-0.4, -0.2) is 23.1 Å². The first-order chi connectivity index (χ1) is 9.29. The normalized spacial score (nSPS) is 34.5. The van der Waals surface area contributed by atoms with E-state index in [4.69, 9.17) is 9.84 Å². The standard InChI is InChI=1S/C16H24O4/c1-5-16(4,9(2)3)15(19)20-13-8-10-6-11(13)7-12(10)14(17)18/h10-13H,2,5-8H2,1,3-4H3,(H,17,18). The van der Waals surface area contributed by atoms with Crippen molar-refractivity contribution in [1.29, 1.82) is 0 Å². The average molecular weight is 280 g/mol. The molecule has 5 atom stereocenters. The third-order valence-corrected chi connectivity index (χ3v) is 5.47. The highest BCUT2D eigenvalue weighted by Gasteiger charge is 2.51. The predicted molar refractivity (Wildman–Crippen MR) is 75.0 cm³/mol. The number of rotatable bonds is 5. The van der Waals surface area contributed by atoms with Crippen LogP contribution in [0.3, 0.4) is 0 Å². The fourth-order valence-corrected chi connectivity index (χ4v) is 3.56. The van der Waals surface area contributed by atoms with Gasteiger partial charge in [0, 0.05) is 0 Å². The Kier molecular flexibility index (Phi) is 3.94. The SMILES string of the molecule is C=C(C)C(C)(CC)C(=O)OC1CC2CC1CC2C(=O)O. The van der Waals surface area contributed by atoms with Crippen molar-refractivity contribution in [3.05, 3.63) is 12.2 Å². The molecule has 2 aliphatic carbocycles. The Labute approximate surface area is 120 Å². The van der Waals surface area contributed by atoms with Gasteiger partial charge in [0.25, 0.3) is 0 Å². The highest BCUT2D eigenvalue weighted by atomic mass is 16.5. The van der Waals surface area contributed by atoms with Crippen molar-refractivity contribution in [2.24, 2.45) is 23.2 Å². The Hall–Kier alpha value is -1.32. The number of fused-ring (bicyclic) bond motifs is 2. The summed E-state index contributed by atoms with van der Waals surface area (Å²) in [7, 11) is 0. The zero-order chi connectivity index (χ0) is 15.1. The van der Waals surface area contributed by atoms with E-state index in [9.17, 15) is 9.59 Å². The molecule has 0 aromatic heterocycles. The molecule has 0 saturated heterocycles. The Morgan fingerprint density at radius 3 is 2.35 bits per heavy atom. The minimum atomic E-state index is -0.706. The molecule has 0 aromatic rings. The van der Waals surface area contributed by atoms with Gasteiger partial charge in [-0.05, 0) is 51.4 Å². The highest BCUT2D eigenvalue weighted by molar-refractivity contribution is 5.80. The van der Waals surface area contributed by atoms with Gasteiger partial charge in [-0.25, -0.2) is 0 Å². The van der Waals surface area contributed by atoms with Crippen LogP contribution < -0.4 is 0 Å². The van der Waals surface area contributed by atoms with Crippen LogP contribution in [0.4, 0.5) is 0 Å². The fourth-order valence-electron chi connectivity index (χ4n) is 3.56. The lowest BCUT2D eigenvalue weighted by Gasteiger charge is -2.31. The van der Waals surface area contributed by atoms with Gasteiger partial charge in [-0.2, -0.15) is 0 Å². The smallest absolute Gasteiger partial charge is 0.316 e. The van der Waals surface area contributed by atoms with Gasteiger partial charge < -0.3 is 9.84 Å². The van der Waals surface area contributed by atoms with Gasteiger partial charge in [0.1, 0.15) is 6.10 Å². The van der Waals surface area contributed by atoms with Crippen molar-refractivity contribution in [3.8, 4) is 0 Å². The molecular weight excluding hydrogens is 256 g/mol. The molecule has 4 heteroatoms. The van der Waals surface area contributed by atoms with E-state index in [2.05, 4.69) is 6.58 Å². The summed E-state index contributed by atoms with van der Waals surface area (Å²) >= 11 is 0. The highest BCUT2D eigenvalue weighted by Crippen LogP contribution is 2.50. The second kappa shape index (κ2) is 5.23. The topological polar surface area (TPSA) is 63.6 Å². The number of hydrogen-bond acceptors (Lipinski definition) is 3. The first-order valence-electron chi connectivity index (χ1n) is 7.39. The third kappa shape index (κ3) is 2.36. The molecule has 2 saturated carbocycles. The summed E-state index contributed by atoms with van der Waals surface area (Å²) in [4.78, 5) is 23.5. The molecule has 5 unspecified atom stereocenters.